The van der Waals surface area contributed by atoms with Crippen LogP contribution in [0.15, 0.2) is 12.4 Å². The summed E-state index contributed by atoms with van der Waals surface area (Å²) >= 11 is 7.75. The highest BCUT2D eigenvalue weighted by Gasteiger charge is 2.27. The third kappa shape index (κ3) is 2.43. The molecule has 0 aliphatic heterocycles. The van der Waals surface area contributed by atoms with Crippen molar-refractivity contribution in [3.05, 3.63) is 17.3 Å². The fourth-order valence-corrected chi connectivity index (χ4v) is 3.66. The van der Waals surface area contributed by atoms with Crippen LogP contribution in [0, 0.1) is 0 Å². The predicted molar refractivity (Wildman–Crippen MR) is 82.5 cm³/mol. The highest BCUT2D eigenvalue weighted by atomic mass is 35.5. The first-order valence-corrected chi connectivity index (χ1v) is 8.24. The van der Waals surface area contributed by atoms with E-state index in [-0.39, 0.29) is 0 Å². The van der Waals surface area contributed by atoms with Crippen LogP contribution in [-0.2, 0) is 6.42 Å². The summed E-state index contributed by atoms with van der Waals surface area (Å²) in [6, 6.07) is 2.86. The molecule has 0 spiro atoms. The first kappa shape index (κ1) is 13.1. The lowest BCUT2D eigenvalue weighted by molar-refractivity contribution is 0.389. The first-order valence-electron chi connectivity index (χ1n) is 6.89. The average molecular weight is 296 g/mol. The number of hydrogen-bond acceptors (Lipinski definition) is 4. The van der Waals surface area contributed by atoms with Crippen molar-refractivity contribution >= 4 is 39.0 Å². The van der Waals surface area contributed by atoms with Gasteiger partial charge in [-0.25, -0.2) is 9.97 Å². The molecule has 3 nitrogen and oxygen atoms in total. The van der Waals surface area contributed by atoms with E-state index in [1.54, 1.807) is 17.7 Å². The van der Waals surface area contributed by atoms with Crippen molar-refractivity contribution in [2.75, 3.05) is 17.3 Å². The van der Waals surface area contributed by atoms with E-state index in [2.05, 4.69) is 27.9 Å². The highest BCUT2D eigenvalue weighted by molar-refractivity contribution is 7.18. The molecule has 102 valence electrons. The van der Waals surface area contributed by atoms with Gasteiger partial charge in [0.05, 0.1) is 5.39 Å². The molecule has 0 aromatic carbocycles. The number of thiophene rings is 1. The molecule has 1 aliphatic carbocycles. The summed E-state index contributed by atoms with van der Waals surface area (Å²) in [7, 11) is 0. The Hall–Kier alpha value is -0.870. The van der Waals surface area contributed by atoms with Gasteiger partial charge in [-0.2, -0.15) is 0 Å². The van der Waals surface area contributed by atoms with Crippen molar-refractivity contribution in [1.29, 1.82) is 0 Å². The maximum absolute atomic E-state index is 5.97. The Morgan fingerprint density at radius 2 is 2.26 bits per heavy atom. The average Bonchev–Trinajstić information content (AvgIpc) is 2.79. The number of nitrogens with zero attached hydrogens (tertiary/aromatic N) is 3. The van der Waals surface area contributed by atoms with Gasteiger partial charge in [-0.1, -0.05) is 6.92 Å². The molecule has 0 unspecified atom stereocenters. The predicted octanol–water partition coefficient (Wildman–Crippen LogP) is 3.85. The van der Waals surface area contributed by atoms with Crippen LogP contribution in [0.5, 0.6) is 0 Å². The van der Waals surface area contributed by atoms with Gasteiger partial charge in [0.2, 0.25) is 0 Å². The molecule has 1 fully saturated rings. The number of hydrogen-bond donors (Lipinski definition) is 0. The Bertz CT molecular complexity index is 565. The second-order valence-electron chi connectivity index (χ2n) is 4.95. The maximum Gasteiger partial charge on any atom is 0.141 e. The van der Waals surface area contributed by atoms with Crippen LogP contribution < -0.4 is 4.90 Å². The van der Waals surface area contributed by atoms with E-state index >= 15 is 0 Å². The van der Waals surface area contributed by atoms with E-state index in [1.807, 2.05) is 0 Å². The summed E-state index contributed by atoms with van der Waals surface area (Å²) in [6.45, 7) is 3.05. The second-order valence-corrected chi connectivity index (χ2v) is 6.44. The molecule has 5 heteroatoms. The molecule has 19 heavy (non-hydrogen) atoms. The third-order valence-electron chi connectivity index (χ3n) is 3.82. The Kier molecular flexibility index (Phi) is 3.89. The molecule has 0 amide bonds. The summed E-state index contributed by atoms with van der Waals surface area (Å²) in [5.74, 6) is 1.72. The van der Waals surface area contributed by atoms with E-state index in [1.165, 1.54) is 29.5 Å². The van der Waals surface area contributed by atoms with Crippen molar-refractivity contribution in [3.63, 3.8) is 0 Å². The van der Waals surface area contributed by atoms with E-state index in [0.717, 1.165) is 23.6 Å². The molecule has 1 aliphatic rings. The molecule has 2 heterocycles. The molecule has 0 N–H and O–H groups in total. The Morgan fingerprint density at radius 1 is 1.42 bits per heavy atom. The van der Waals surface area contributed by atoms with Crippen molar-refractivity contribution in [1.82, 2.24) is 9.97 Å². The zero-order valence-corrected chi connectivity index (χ0v) is 12.7. The normalized spacial score (nSPS) is 15.7. The third-order valence-corrected chi connectivity index (χ3v) is 5.18. The summed E-state index contributed by atoms with van der Waals surface area (Å²) < 4.78 is 0. The molecule has 3 rings (SSSR count). The fraction of sp³-hybridized carbons (Fsp3) is 0.571. The van der Waals surface area contributed by atoms with Crippen LogP contribution in [-0.4, -0.2) is 28.4 Å². The number of alkyl halides is 1. The standard InChI is InChI=1S/C14H18ClN3S/c1-2-11-8-12-13(16-9-17-14(12)19-11)18(7-6-15)10-4-3-5-10/h8-10H,2-7H2,1H3. The molecular weight excluding hydrogens is 278 g/mol. The van der Waals surface area contributed by atoms with Crippen LogP contribution in [0.1, 0.15) is 31.1 Å². The quantitative estimate of drug-likeness (QED) is 0.785. The van der Waals surface area contributed by atoms with E-state index < -0.39 is 0 Å². The SMILES string of the molecule is CCc1cc2c(N(CCCl)C3CCC3)ncnc2s1. The van der Waals surface area contributed by atoms with Crippen molar-refractivity contribution in [2.24, 2.45) is 0 Å². The number of halogens is 1. The lowest BCUT2D eigenvalue weighted by atomic mass is 9.91. The fourth-order valence-electron chi connectivity index (χ4n) is 2.55. The van der Waals surface area contributed by atoms with Gasteiger partial charge >= 0.3 is 0 Å². The number of anilines is 1. The van der Waals surface area contributed by atoms with Gasteiger partial charge in [0.25, 0.3) is 0 Å². The molecule has 2 aromatic heterocycles. The molecule has 2 aromatic rings. The zero-order valence-electron chi connectivity index (χ0n) is 11.1. The van der Waals surface area contributed by atoms with Crippen molar-refractivity contribution in [2.45, 2.75) is 38.6 Å². The molecule has 0 saturated heterocycles. The summed E-state index contributed by atoms with van der Waals surface area (Å²) in [5, 5.41) is 1.20. The molecule has 0 bridgehead atoms. The van der Waals surface area contributed by atoms with Gasteiger partial charge in [-0.3, -0.25) is 0 Å². The van der Waals surface area contributed by atoms with E-state index in [0.29, 0.717) is 11.9 Å². The van der Waals surface area contributed by atoms with Crippen molar-refractivity contribution in [3.8, 4) is 0 Å². The van der Waals surface area contributed by atoms with Crippen LogP contribution in [0.2, 0.25) is 0 Å². The van der Waals surface area contributed by atoms with E-state index in [9.17, 15) is 0 Å². The monoisotopic (exact) mass is 295 g/mol. The van der Waals surface area contributed by atoms with Crippen LogP contribution in [0.3, 0.4) is 0 Å². The minimum absolute atomic E-state index is 0.613. The van der Waals surface area contributed by atoms with Gasteiger partial charge in [0.1, 0.15) is 17.0 Å². The van der Waals surface area contributed by atoms with Gasteiger partial charge in [-0.05, 0) is 31.7 Å². The molecular formula is C14H18ClN3S. The number of aromatic nitrogens is 2. The zero-order chi connectivity index (χ0) is 13.2. The number of fused-ring (bicyclic) bond motifs is 1. The second kappa shape index (κ2) is 5.63. The van der Waals surface area contributed by atoms with Gasteiger partial charge < -0.3 is 4.90 Å². The summed E-state index contributed by atoms with van der Waals surface area (Å²) in [5.41, 5.74) is 0. The van der Waals surface area contributed by atoms with Gasteiger partial charge in [0, 0.05) is 23.3 Å². The van der Waals surface area contributed by atoms with Crippen LogP contribution >= 0.6 is 22.9 Å². The highest BCUT2D eigenvalue weighted by Crippen LogP contribution is 2.35. The maximum atomic E-state index is 5.97. The lowest BCUT2D eigenvalue weighted by Gasteiger charge is -2.38. The minimum Gasteiger partial charge on any atom is -0.352 e. The lowest BCUT2D eigenvalue weighted by Crippen LogP contribution is -2.42. The molecule has 1 saturated carbocycles. The Labute approximate surface area is 122 Å². The topological polar surface area (TPSA) is 29.0 Å². The Balaban J connectivity index is 2.03. The number of aryl methyl sites for hydroxylation is 1. The number of rotatable bonds is 5. The van der Waals surface area contributed by atoms with Crippen LogP contribution in [0.4, 0.5) is 5.82 Å². The smallest absolute Gasteiger partial charge is 0.141 e. The summed E-state index contributed by atoms with van der Waals surface area (Å²) in [6.07, 6.45) is 6.58. The van der Waals surface area contributed by atoms with Crippen LogP contribution in [0.25, 0.3) is 10.2 Å². The Morgan fingerprint density at radius 3 is 2.89 bits per heavy atom. The molecule has 0 radical (unpaired) electrons. The largest absolute Gasteiger partial charge is 0.352 e. The first-order chi connectivity index (χ1) is 9.33. The van der Waals surface area contributed by atoms with Crippen molar-refractivity contribution < 1.29 is 0 Å². The summed E-state index contributed by atoms with van der Waals surface area (Å²) in [4.78, 5) is 13.8. The van der Waals surface area contributed by atoms with Gasteiger partial charge in [-0.15, -0.1) is 22.9 Å². The van der Waals surface area contributed by atoms with Gasteiger partial charge in [0.15, 0.2) is 0 Å². The molecule has 0 atom stereocenters. The minimum atomic E-state index is 0.613. The van der Waals surface area contributed by atoms with E-state index in [4.69, 9.17) is 11.6 Å².